The zero-order valence-corrected chi connectivity index (χ0v) is 15.4. The van der Waals surface area contributed by atoms with Crippen LogP contribution in [0.15, 0.2) is 24.3 Å². The summed E-state index contributed by atoms with van der Waals surface area (Å²) in [5, 5.41) is 5.42. The largest absolute Gasteiger partial charge is 0.385 e. The van der Waals surface area contributed by atoms with E-state index >= 15 is 0 Å². The van der Waals surface area contributed by atoms with Crippen molar-refractivity contribution in [3.8, 4) is 11.4 Å². The number of rotatable bonds is 8. The number of ether oxygens (including phenoxy) is 1. The Morgan fingerprint density at radius 1 is 1.30 bits per heavy atom. The van der Waals surface area contributed by atoms with Crippen molar-refractivity contribution in [2.24, 2.45) is 0 Å². The molecule has 1 aromatic heterocycles. The summed E-state index contributed by atoms with van der Waals surface area (Å²) >= 11 is 11.5. The van der Waals surface area contributed by atoms with Gasteiger partial charge in [0.05, 0.1) is 6.67 Å². The van der Waals surface area contributed by atoms with E-state index in [-0.39, 0.29) is 0 Å². The summed E-state index contributed by atoms with van der Waals surface area (Å²) in [5.41, 5.74) is 1.02. The fourth-order valence-corrected chi connectivity index (χ4v) is 2.85. The van der Waals surface area contributed by atoms with Crippen molar-refractivity contribution in [2.75, 3.05) is 27.3 Å². The fraction of sp³-hybridized carbons (Fsp3) is 0.500. The number of hydrogen-bond donors (Lipinski definition) is 0. The second-order valence-corrected chi connectivity index (χ2v) is 6.23. The third-order valence-corrected chi connectivity index (χ3v) is 4.29. The summed E-state index contributed by atoms with van der Waals surface area (Å²) in [6.45, 7) is 5.21. The molecule has 23 heavy (non-hydrogen) atoms. The van der Waals surface area contributed by atoms with Crippen molar-refractivity contribution in [1.29, 1.82) is 0 Å². The Kier molecular flexibility index (Phi) is 6.77. The van der Waals surface area contributed by atoms with Gasteiger partial charge in [-0.15, -0.1) is 0 Å². The van der Waals surface area contributed by atoms with Gasteiger partial charge in [-0.3, -0.25) is 4.90 Å². The van der Waals surface area contributed by atoms with E-state index < -0.39 is 0 Å². The minimum Gasteiger partial charge on any atom is -0.385 e. The van der Waals surface area contributed by atoms with E-state index in [1.54, 1.807) is 7.11 Å². The Bertz CT molecular complexity index is 680. The zero-order chi connectivity index (χ0) is 16.8. The van der Waals surface area contributed by atoms with Gasteiger partial charge in [-0.2, -0.15) is 5.10 Å². The van der Waals surface area contributed by atoms with Crippen molar-refractivity contribution < 1.29 is 4.74 Å². The lowest BCUT2D eigenvalue weighted by atomic mass is 10.2. The molecule has 1 heterocycles. The highest BCUT2D eigenvalue weighted by Gasteiger charge is 2.12. The summed E-state index contributed by atoms with van der Waals surface area (Å²) < 4.78 is 9.74. The molecule has 5 nitrogen and oxygen atoms in total. The van der Waals surface area contributed by atoms with E-state index in [1.807, 2.05) is 33.5 Å². The molecule has 0 aliphatic rings. The van der Waals surface area contributed by atoms with Gasteiger partial charge in [-0.1, -0.05) is 11.6 Å². The Hall–Kier alpha value is -1.21. The lowest BCUT2D eigenvalue weighted by Gasteiger charge is -2.15. The Balaban J connectivity index is 2.22. The summed E-state index contributed by atoms with van der Waals surface area (Å²) in [4.78, 5) is 2.19. The predicted molar refractivity (Wildman–Crippen MR) is 96.3 cm³/mol. The van der Waals surface area contributed by atoms with Gasteiger partial charge >= 0.3 is 0 Å². The highest BCUT2D eigenvalue weighted by atomic mass is 35.5. The number of aromatic nitrogens is 3. The van der Waals surface area contributed by atoms with Crippen LogP contribution < -0.4 is 0 Å². The number of hydrogen-bond acceptors (Lipinski definition) is 4. The molecule has 0 aliphatic heterocycles. The van der Waals surface area contributed by atoms with E-state index in [0.29, 0.717) is 11.7 Å². The maximum absolute atomic E-state index is 5.97. The standard InChI is InChI=1S/C16H23ClN4OS/c1-4-20-15(13-6-8-14(17)9-7-13)18-21(16(20)23)12-19(2)10-5-11-22-3/h6-9H,4-5,10-12H2,1-3H3. The Labute approximate surface area is 147 Å². The van der Waals surface area contributed by atoms with E-state index in [4.69, 9.17) is 33.7 Å². The van der Waals surface area contributed by atoms with Crippen LogP contribution in [0.2, 0.25) is 5.02 Å². The molecule has 0 bridgehead atoms. The number of benzene rings is 1. The van der Waals surface area contributed by atoms with Gasteiger partial charge in [-0.25, -0.2) is 4.68 Å². The third-order valence-electron chi connectivity index (χ3n) is 3.61. The fourth-order valence-electron chi connectivity index (χ4n) is 2.41. The van der Waals surface area contributed by atoms with Gasteiger partial charge in [0.25, 0.3) is 0 Å². The predicted octanol–water partition coefficient (Wildman–Crippen LogP) is 3.68. The minimum absolute atomic E-state index is 0.663. The van der Waals surface area contributed by atoms with Crippen LogP contribution in [0.1, 0.15) is 13.3 Å². The summed E-state index contributed by atoms with van der Waals surface area (Å²) in [5.74, 6) is 0.874. The number of halogens is 1. The van der Waals surface area contributed by atoms with Crippen LogP contribution in [-0.4, -0.2) is 46.6 Å². The van der Waals surface area contributed by atoms with Crippen LogP contribution >= 0.6 is 23.8 Å². The van der Waals surface area contributed by atoms with E-state index in [1.165, 1.54) is 0 Å². The van der Waals surface area contributed by atoms with Gasteiger partial charge in [0.15, 0.2) is 10.6 Å². The zero-order valence-electron chi connectivity index (χ0n) is 13.8. The third kappa shape index (κ3) is 4.64. The summed E-state index contributed by atoms with van der Waals surface area (Å²) in [7, 11) is 3.78. The summed E-state index contributed by atoms with van der Waals surface area (Å²) in [6.07, 6.45) is 0.985. The van der Waals surface area contributed by atoms with Crippen LogP contribution in [0.4, 0.5) is 0 Å². The number of methoxy groups -OCH3 is 1. The first-order valence-electron chi connectivity index (χ1n) is 7.68. The highest BCUT2D eigenvalue weighted by Crippen LogP contribution is 2.21. The molecule has 0 aliphatic carbocycles. The smallest absolute Gasteiger partial charge is 0.199 e. The Morgan fingerprint density at radius 3 is 2.61 bits per heavy atom. The lowest BCUT2D eigenvalue weighted by molar-refractivity contribution is 0.168. The van der Waals surface area contributed by atoms with Crippen LogP contribution in [0, 0.1) is 4.77 Å². The van der Waals surface area contributed by atoms with Gasteiger partial charge in [0, 0.05) is 37.4 Å². The van der Waals surface area contributed by atoms with Crippen LogP contribution in [0.3, 0.4) is 0 Å². The quantitative estimate of drug-likeness (QED) is 0.535. The average molecular weight is 355 g/mol. The molecule has 1 aromatic carbocycles. The molecule has 2 rings (SSSR count). The molecular weight excluding hydrogens is 332 g/mol. The molecule has 0 amide bonds. The number of nitrogens with zero attached hydrogens (tertiary/aromatic N) is 4. The van der Waals surface area contributed by atoms with E-state index in [2.05, 4.69) is 18.9 Å². The highest BCUT2D eigenvalue weighted by molar-refractivity contribution is 7.71. The van der Waals surface area contributed by atoms with Crippen molar-refractivity contribution in [3.05, 3.63) is 34.1 Å². The molecular formula is C16H23ClN4OS. The van der Waals surface area contributed by atoms with Crippen molar-refractivity contribution in [1.82, 2.24) is 19.2 Å². The van der Waals surface area contributed by atoms with Crippen LogP contribution in [0.5, 0.6) is 0 Å². The van der Waals surface area contributed by atoms with E-state index in [0.717, 1.165) is 42.3 Å². The SMILES string of the molecule is CCn1c(-c2ccc(Cl)cc2)nn(CN(C)CCCOC)c1=S. The molecule has 2 aromatic rings. The normalized spacial score (nSPS) is 11.3. The molecule has 0 saturated carbocycles. The first-order valence-corrected chi connectivity index (χ1v) is 8.46. The van der Waals surface area contributed by atoms with Crippen LogP contribution in [-0.2, 0) is 18.0 Å². The molecule has 0 atom stereocenters. The first-order chi connectivity index (χ1) is 11.1. The van der Waals surface area contributed by atoms with E-state index in [9.17, 15) is 0 Å². The van der Waals surface area contributed by atoms with Crippen molar-refractivity contribution in [2.45, 2.75) is 26.6 Å². The maximum Gasteiger partial charge on any atom is 0.199 e. The minimum atomic E-state index is 0.663. The summed E-state index contributed by atoms with van der Waals surface area (Å²) in [6, 6.07) is 7.68. The molecule has 126 valence electrons. The molecule has 0 unspecified atom stereocenters. The second-order valence-electron chi connectivity index (χ2n) is 5.42. The van der Waals surface area contributed by atoms with Crippen molar-refractivity contribution in [3.63, 3.8) is 0 Å². The molecule has 0 radical (unpaired) electrons. The second kappa shape index (κ2) is 8.59. The van der Waals surface area contributed by atoms with Gasteiger partial charge in [-0.05, 0) is 56.9 Å². The lowest BCUT2D eigenvalue weighted by Crippen LogP contribution is -2.24. The van der Waals surface area contributed by atoms with Gasteiger partial charge in [0.1, 0.15) is 0 Å². The topological polar surface area (TPSA) is 35.2 Å². The first kappa shape index (κ1) is 18.1. The molecule has 0 spiro atoms. The molecule has 0 fully saturated rings. The maximum atomic E-state index is 5.97. The average Bonchev–Trinajstić information content (AvgIpc) is 2.84. The molecule has 0 saturated heterocycles. The van der Waals surface area contributed by atoms with Gasteiger partial charge in [0.2, 0.25) is 0 Å². The monoisotopic (exact) mass is 354 g/mol. The Morgan fingerprint density at radius 2 is 2.00 bits per heavy atom. The van der Waals surface area contributed by atoms with Crippen LogP contribution in [0.25, 0.3) is 11.4 Å². The van der Waals surface area contributed by atoms with Gasteiger partial charge < -0.3 is 9.30 Å². The molecule has 7 heteroatoms. The van der Waals surface area contributed by atoms with Crippen molar-refractivity contribution >= 4 is 23.8 Å². The molecule has 0 N–H and O–H groups in total.